The van der Waals surface area contributed by atoms with Crippen LogP contribution in [0.1, 0.15) is 0 Å². The van der Waals surface area contributed by atoms with Gasteiger partial charge in [0, 0.05) is 0 Å². The zero-order valence-electron chi connectivity index (χ0n) is 11.6. The number of carboxylic acids is 2. The first-order valence-electron chi connectivity index (χ1n) is 5.75. The topological polar surface area (TPSA) is 166 Å². The van der Waals surface area contributed by atoms with Crippen molar-refractivity contribution in [1.29, 1.82) is 0 Å². The Morgan fingerprint density at radius 1 is 1.17 bits per heavy atom. The standard InChI is InChI=1S/C7H4Cl3NO3.C3H8NO5P/c8-3-1-4(9)7(11-6(3)10)14-2-5(12)13;5-3(6)1-4-2-10(7,8)9/h1H,2H2,(H,12,13);4H,1-2H2,(H,5,6)(H2,7,8,9). The summed E-state index contributed by atoms with van der Waals surface area (Å²) in [6.45, 7) is -0.976. The average molecular weight is 426 g/mol. The Morgan fingerprint density at radius 3 is 2.21 bits per heavy atom. The molecule has 5 N–H and O–H groups in total. The number of hydrogen-bond acceptors (Lipinski definition) is 6. The van der Waals surface area contributed by atoms with Gasteiger partial charge in [-0.2, -0.15) is 4.98 Å². The second kappa shape index (κ2) is 10.7. The van der Waals surface area contributed by atoms with E-state index >= 15 is 0 Å². The van der Waals surface area contributed by atoms with E-state index in [1.807, 2.05) is 0 Å². The first-order chi connectivity index (χ1) is 10.9. The molecule has 0 saturated carbocycles. The Kier molecular flexibility index (Phi) is 10.2. The van der Waals surface area contributed by atoms with Gasteiger partial charge in [-0.05, 0) is 6.07 Å². The normalized spacial score (nSPS) is 10.5. The van der Waals surface area contributed by atoms with Gasteiger partial charge < -0.3 is 24.7 Å². The molecule has 14 heteroatoms. The maximum absolute atomic E-state index is 10.2. The Balaban J connectivity index is 0.000000470. The number of rotatable bonds is 7. The minimum absolute atomic E-state index is 0.0106. The SMILES string of the molecule is O=C(O)CNCP(=O)(O)O.O=C(O)COc1nc(Cl)c(Cl)cc1Cl. The lowest BCUT2D eigenvalue weighted by molar-refractivity contribution is -0.139. The van der Waals surface area contributed by atoms with E-state index in [1.165, 1.54) is 6.07 Å². The maximum atomic E-state index is 10.2. The van der Waals surface area contributed by atoms with Gasteiger partial charge in [0.25, 0.3) is 0 Å². The number of carboxylic acid groups (broad SMARTS) is 2. The molecule has 24 heavy (non-hydrogen) atoms. The third-order valence-corrected chi connectivity index (χ3v) is 3.36. The Bertz CT molecular complexity index is 639. The molecule has 0 radical (unpaired) electrons. The second-order valence-electron chi connectivity index (χ2n) is 3.87. The fraction of sp³-hybridized carbons (Fsp3) is 0.300. The summed E-state index contributed by atoms with van der Waals surface area (Å²) in [7, 11) is -4.10. The number of aromatic nitrogens is 1. The molecule has 0 aliphatic carbocycles. The number of pyridine rings is 1. The van der Waals surface area contributed by atoms with Gasteiger partial charge in [0.2, 0.25) is 5.88 Å². The van der Waals surface area contributed by atoms with Gasteiger partial charge in [0.15, 0.2) is 11.8 Å². The number of nitrogens with zero attached hydrogens (tertiary/aromatic N) is 1. The summed E-state index contributed by atoms with van der Waals surface area (Å²) < 4.78 is 14.8. The molecule has 1 aromatic rings. The van der Waals surface area contributed by atoms with Crippen LogP contribution in [0.5, 0.6) is 5.88 Å². The van der Waals surface area contributed by atoms with Crippen molar-refractivity contribution >= 4 is 54.3 Å². The fourth-order valence-electron chi connectivity index (χ4n) is 0.968. The molecule has 0 unspecified atom stereocenters. The van der Waals surface area contributed by atoms with Crippen LogP contribution in [0, 0.1) is 0 Å². The highest BCUT2D eigenvalue weighted by molar-refractivity contribution is 7.51. The monoisotopic (exact) mass is 424 g/mol. The van der Waals surface area contributed by atoms with Crippen molar-refractivity contribution in [2.24, 2.45) is 0 Å². The highest BCUT2D eigenvalue weighted by atomic mass is 35.5. The van der Waals surface area contributed by atoms with Crippen molar-refractivity contribution in [2.75, 3.05) is 19.4 Å². The Morgan fingerprint density at radius 2 is 1.75 bits per heavy atom. The van der Waals surface area contributed by atoms with E-state index in [0.717, 1.165) is 0 Å². The van der Waals surface area contributed by atoms with Crippen molar-refractivity contribution in [2.45, 2.75) is 0 Å². The molecule has 0 aliphatic heterocycles. The molecule has 0 aromatic carbocycles. The molecule has 1 rings (SSSR count). The number of halogens is 3. The molecule has 10 nitrogen and oxygen atoms in total. The summed E-state index contributed by atoms with van der Waals surface area (Å²) in [4.78, 5) is 40.0. The largest absolute Gasteiger partial charge is 0.480 e. The molecule has 1 aromatic heterocycles. The lowest BCUT2D eigenvalue weighted by Gasteiger charge is -2.05. The van der Waals surface area contributed by atoms with E-state index in [0.29, 0.717) is 0 Å². The van der Waals surface area contributed by atoms with Crippen LogP contribution >= 0.6 is 42.4 Å². The fourth-order valence-corrected chi connectivity index (χ4v) is 1.92. The summed E-state index contributed by atoms with van der Waals surface area (Å²) in [5.41, 5.74) is 0. The molecule has 0 aliphatic rings. The Labute approximate surface area is 150 Å². The zero-order valence-corrected chi connectivity index (χ0v) is 14.8. The van der Waals surface area contributed by atoms with Crippen LogP contribution in [0.25, 0.3) is 0 Å². The first kappa shape index (κ1) is 22.9. The van der Waals surface area contributed by atoms with Crippen molar-refractivity contribution in [3.05, 3.63) is 21.3 Å². The van der Waals surface area contributed by atoms with Gasteiger partial charge in [0.1, 0.15) is 5.02 Å². The van der Waals surface area contributed by atoms with E-state index in [-0.39, 0.29) is 21.1 Å². The van der Waals surface area contributed by atoms with Crippen molar-refractivity contribution < 1.29 is 38.9 Å². The third-order valence-electron chi connectivity index (χ3n) is 1.78. The van der Waals surface area contributed by atoms with Gasteiger partial charge in [-0.25, -0.2) is 4.79 Å². The molecular weight excluding hydrogens is 413 g/mol. The molecule has 0 spiro atoms. The summed E-state index contributed by atoms with van der Waals surface area (Å²) in [5.74, 6) is -2.33. The van der Waals surface area contributed by atoms with E-state index in [1.54, 1.807) is 0 Å². The van der Waals surface area contributed by atoms with Crippen molar-refractivity contribution in [1.82, 2.24) is 10.3 Å². The zero-order chi connectivity index (χ0) is 18.9. The summed E-state index contributed by atoms with van der Waals surface area (Å²) in [6.07, 6.45) is -0.598. The van der Waals surface area contributed by atoms with Crippen LogP contribution < -0.4 is 10.1 Å². The molecule has 136 valence electrons. The molecule has 1 heterocycles. The predicted molar refractivity (Wildman–Crippen MR) is 84.9 cm³/mol. The van der Waals surface area contributed by atoms with Gasteiger partial charge in [-0.15, -0.1) is 0 Å². The average Bonchev–Trinajstić information content (AvgIpc) is 2.40. The summed E-state index contributed by atoms with van der Waals surface area (Å²) in [6, 6.07) is 1.33. The van der Waals surface area contributed by atoms with E-state index in [4.69, 9.17) is 59.5 Å². The van der Waals surface area contributed by atoms with Crippen LogP contribution in [-0.4, -0.2) is 56.4 Å². The lowest BCUT2D eigenvalue weighted by atomic mass is 10.5. The number of aliphatic carboxylic acids is 2. The Hall–Kier alpha value is -1.13. The number of hydrogen-bond donors (Lipinski definition) is 5. The van der Waals surface area contributed by atoms with Gasteiger partial charge in [0.05, 0.1) is 17.9 Å². The van der Waals surface area contributed by atoms with Crippen LogP contribution in [0.4, 0.5) is 0 Å². The smallest absolute Gasteiger partial charge is 0.341 e. The molecule has 0 fully saturated rings. The molecule has 0 amide bonds. The van der Waals surface area contributed by atoms with Crippen LogP contribution in [-0.2, 0) is 14.2 Å². The highest BCUT2D eigenvalue weighted by Gasteiger charge is 2.12. The van der Waals surface area contributed by atoms with E-state index in [9.17, 15) is 14.2 Å². The van der Waals surface area contributed by atoms with Crippen molar-refractivity contribution in [3.63, 3.8) is 0 Å². The molecule has 0 atom stereocenters. The van der Waals surface area contributed by atoms with E-state index < -0.39 is 39.0 Å². The van der Waals surface area contributed by atoms with Gasteiger partial charge in [-0.1, -0.05) is 34.8 Å². The minimum Gasteiger partial charge on any atom is -0.480 e. The van der Waals surface area contributed by atoms with Crippen LogP contribution in [0.2, 0.25) is 15.2 Å². The molecule has 0 bridgehead atoms. The van der Waals surface area contributed by atoms with Crippen LogP contribution in [0.3, 0.4) is 0 Å². The maximum Gasteiger partial charge on any atom is 0.341 e. The number of ether oxygens (including phenoxy) is 1. The van der Waals surface area contributed by atoms with Crippen molar-refractivity contribution in [3.8, 4) is 5.88 Å². The quantitative estimate of drug-likeness (QED) is 0.317. The third kappa shape index (κ3) is 11.4. The van der Waals surface area contributed by atoms with Crippen LogP contribution in [0.15, 0.2) is 6.07 Å². The van der Waals surface area contributed by atoms with Gasteiger partial charge in [-0.3, -0.25) is 14.7 Å². The first-order valence-corrected chi connectivity index (χ1v) is 8.68. The van der Waals surface area contributed by atoms with E-state index in [2.05, 4.69) is 10.3 Å². The van der Waals surface area contributed by atoms with Gasteiger partial charge >= 0.3 is 19.5 Å². The molecule has 0 saturated heterocycles. The lowest BCUT2D eigenvalue weighted by Crippen LogP contribution is -2.23. The minimum atomic E-state index is -4.10. The second-order valence-corrected chi connectivity index (χ2v) is 6.69. The highest BCUT2D eigenvalue weighted by Crippen LogP contribution is 2.31. The summed E-state index contributed by atoms with van der Waals surface area (Å²) >= 11 is 16.8. The summed E-state index contributed by atoms with van der Waals surface area (Å²) in [5, 5.41) is 18.7. The molecular formula is C10H12Cl3N2O8P. The number of nitrogens with one attached hydrogen (secondary N) is 1. The number of carbonyl (C=O) groups is 2. The predicted octanol–water partition coefficient (Wildman–Crippen LogP) is 1.30.